The van der Waals surface area contributed by atoms with Crippen LogP contribution in [0.1, 0.15) is 51.0 Å². The van der Waals surface area contributed by atoms with Crippen molar-refractivity contribution in [2.24, 2.45) is 0 Å². The van der Waals surface area contributed by atoms with E-state index in [0.29, 0.717) is 25.9 Å². The Morgan fingerprint density at radius 2 is 1.77 bits per heavy atom. The molecule has 1 heterocycles. The SMILES string of the molecule is CCN(Cc1ccccc1)C(=O)CN1C(=O)NC2(CCCCCC2)C1=O. The number of likely N-dealkylation sites (N-methyl/N-ethyl adjacent to an activating group) is 1. The van der Waals surface area contributed by atoms with Crippen molar-refractivity contribution >= 4 is 17.8 Å². The van der Waals surface area contributed by atoms with Gasteiger partial charge in [-0.3, -0.25) is 14.5 Å². The number of urea groups is 1. The number of nitrogens with zero attached hydrogens (tertiary/aromatic N) is 2. The third-order valence-corrected chi connectivity index (χ3v) is 5.45. The molecular weight excluding hydrogens is 330 g/mol. The molecule has 2 aliphatic rings. The van der Waals surface area contributed by atoms with Gasteiger partial charge in [-0.05, 0) is 25.3 Å². The molecule has 1 aliphatic carbocycles. The lowest BCUT2D eigenvalue weighted by atomic mass is 9.90. The van der Waals surface area contributed by atoms with E-state index < -0.39 is 11.6 Å². The normalized spacial score (nSPS) is 19.3. The number of hydrogen-bond donors (Lipinski definition) is 1. The fourth-order valence-electron chi connectivity index (χ4n) is 3.91. The summed E-state index contributed by atoms with van der Waals surface area (Å²) in [5.41, 5.74) is 0.241. The maximum atomic E-state index is 12.9. The smallest absolute Gasteiger partial charge is 0.325 e. The lowest BCUT2D eigenvalue weighted by molar-refractivity contribution is -0.139. The largest absolute Gasteiger partial charge is 0.337 e. The summed E-state index contributed by atoms with van der Waals surface area (Å²) in [4.78, 5) is 40.8. The molecule has 1 saturated carbocycles. The van der Waals surface area contributed by atoms with E-state index >= 15 is 0 Å². The van der Waals surface area contributed by atoms with Gasteiger partial charge in [-0.15, -0.1) is 0 Å². The maximum Gasteiger partial charge on any atom is 0.325 e. The molecule has 140 valence electrons. The van der Waals surface area contributed by atoms with Crippen LogP contribution in [-0.2, 0) is 16.1 Å². The fraction of sp³-hybridized carbons (Fsp3) is 0.550. The van der Waals surface area contributed by atoms with Crippen LogP contribution in [0, 0.1) is 0 Å². The van der Waals surface area contributed by atoms with Crippen LogP contribution < -0.4 is 5.32 Å². The van der Waals surface area contributed by atoms with Crippen molar-refractivity contribution in [3.63, 3.8) is 0 Å². The molecule has 0 atom stereocenters. The molecule has 1 saturated heterocycles. The number of rotatable bonds is 5. The van der Waals surface area contributed by atoms with Crippen molar-refractivity contribution in [2.75, 3.05) is 13.1 Å². The number of benzene rings is 1. The lowest BCUT2D eigenvalue weighted by Crippen LogP contribution is -2.47. The topological polar surface area (TPSA) is 69.7 Å². The summed E-state index contributed by atoms with van der Waals surface area (Å²) >= 11 is 0. The van der Waals surface area contributed by atoms with E-state index in [2.05, 4.69) is 5.32 Å². The first-order valence-corrected chi connectivity index (χ1v) is 9.51. The predicted molar refractivity (Wildman–Crippen MR) is 98.2 cm³/mol. The van der Waals surface area contributed by atoms with Crippen LogP contribution in [0.15, 0.2) is 30.3 Å². The molecule has 1 spiro atoms. The molecule has 1 aromatic carbocycles. The van der Waals surface area contributed by atoms with Gasteiger partial charge in [-0.1, -0.05) is 56.0 Å². The summed E-state index contributed by atoms with van der Waals surface area (Å²) in [5, 5.41) is 2.89. The Labute approximate surface area is 154 Å². The molecule has 1 aromatic rings. The van der Waals surface area contributed by atoms with Gasteiger partial charge in [0.1, 0.15) is 12.1 Å². The Balaban J connectivity index is 1.67. The number of carbonyl (C=O) groups is 3. The zero-order chi connectivity index (χ0) is 18.6. The molecule has 0 aromatic heterocycles. The highest BCUT2D eigenvalue weighted by Gasteiger charge is 2.51. The molecule has 1 N–H and O–H groups in total. The van der Waals surface area contributed by atoms with Gasteiger partial charge in [-0.25, -0.2) is 4.79 Å². The van der Waals surface area contributed by atoms with Gasteiger partial charge < -0.3 is 10.2 Å². The third kappa shape index (κ3) is 3.74. The molecule has 6 heteroatoms. The second-order valence-corrected chi connectivity index (χ2v) is 7.21. The third-order valence-electron chi connectivity index (χ3n) is 5.45. The van der Waals surface area contributed by atoms with Gasteiger partial charge in [0.2, 0.25) is 5.91 Å². The highest BCUT2D eigenvalue weighted by molar-refractivity contribution is 6.09. The van der Waals surface area contributed by atoms with E-state index in [0.717, 1.165) is 36.1 Å². The number of carbonyl (C=O) groups excluding carboxylic acids is 3. The number of amides is 4. The molecule has 1 aliphatic heterocycles. The van der Waals surface area contributed by atoms with Crippen LogP contribution >= 0.6 is 0 Å². The lowest BCUT2D eigenvalue weighted by Gasteiger charge is -2.26. The van der Waals surface area contributed by atoms with Crippen molar-refractivity contribution in [3.8, 4) is 0 Å². The van der Waals surface area contributed by atoms with Crippen LogP contribution in [-0.4, -0.2) is 46.3 Å². The van der Waals surface area contributed by atoms with Gasteiger partial charge in [-0.2, -0.15) is 0 Å². The van der Waals surface area contributed by atoms with E-state index in [1.54, 1.807) is 4.90 Å². The molecule has 2 fully saturated rings. The predicted octanol–water partition coefficient (Wildman–Crippen LogP) is 2.68. The summed E-state index contributed by atoms with van der Waals surface area (Å²) < 4.78 is 0. The van der Waals surface area contributed by atoms with E-state index in [4.69, 9.17) is 0 Å². The Morgan fingerprint density at radius 1 is 1.12 bits per heavy atom. The molecule has 3 rings (SSSR count). The van der Waals surface area contributed by atoms with Crippen molar-refractivity contribution in [2.45, 2.75) is 57.5 Å². The van der Waals surface area contributed by atoms with E-state index in [1.165, 1.54) is 0 Å². The molecule has 26 heavy (non-hydrogen) atoms. The molecule has 0 unspecified atom stereocenters. The number of imide groups is 1. The van der Waals surface area contributed by atoms with Crippen molar-refractivity contribution in [3.05, 3.63) is 35.9 Å². The molecular formula is C20H27N3O3. The molecule has 4 amide bonds. The highest BCUT2D eigenvalue weighted by Crippen LogP contribution is 2.32. The molecule has 0 radical (unpaired) electrons. The monoisotopic (exact) mass is 357 g/mol. The van der Waals surface area contributed by atoms with Gasteiger partial charge >= 0.3 is 6.03 Å². The maximum absolute atomic E-state index is 12.9. The van der Waals surface area contributed by atoms with Crippen molar-refractivity contribution in [1.29, 1.82) is 0 Å². The summed E-state index contributed by atoms with van der Waals surface area (Å²) in [5.74, 6) is -0.431. The highest BCUT2D eigenvalue weighted by atomic mass is 16.2. The van der Waals surface area contributed by atoms with Crippen LogP contribution in [0.4, 0.5) is 4.79 Å². The Morgan fingerprint density at radius 3 is 2.38 bits per heavy atom. The standard InChI is InChI=1S/C20H27N3O3/c1-2-22(14-16-10-6-5-7-11-16)17(24)15-23-18(25)20(21-19(23)26)12-8-3-4-9-13-20/h5-7,10-11H,2-4,8-9,12-15H2,1H3,(H,21,26). The zero-order valence-electron chi connectivity index (χ0n) is 15.4. The van der Waals surface area contributed by atoms with Gasteiger partial charge in [0.15, 0.2) is 0 Å². The number of hydrogen-bond acceptors (Lipinski definition) is 3. The van der Waals surface area contributed by atoms with Gasteiger partial charge in [0.25, 0.3) is 5.91 Å². The average molecular weight is 357 g/mol. The summed E-state index contributed by atoms with van der Waals surface area (Å²) in [6.45, 7) is 2.72. The first kappa shape index (κ1) is 18.4. The van der Waals surface area contributed by atoms with Crippen molar-refractivity contribution in [1.82, 2.24) is 15.1 Å². The minimum atomic E-state index is -0.787. The second-order valence-electron chi connectivity index (χ2n) is 7.21. The minimum Gasteiger partial charge on any atom is -0.337 e. The fourth-order valence-corrected chi connectivity index (χ4v) is 3.91. The van der Waals surface area contributed by atoms with E-state index in [1.807, 2.05) is 37.3 Å². The van der Waals surface area contributed by atoms with Gasteiger partial charge in [0, 0.05) is 13.1 Å². The Kier molecular flexibility index (Phi) is 5.59. The molecule has 6 nitrogen and oxygen atoms in total. The Hall–Kier alpha value is -2.37. The number of nitrogens with one attached hydrogen (secondary N) is 1. The summed E-state index contributed by atoms with van der Waals surface area (Å²) in [6, 6.07) is 9.29. The van der Waals surface area contributed by atoms with Gasteiger partial charge in [0.05, 0.1) is 0 Å². The van der Waals surface area contributed by atoms with E-state index in [-0.39, 0.29) is 18.4 Å². The second kappa shape index (κ2) is 7.89. The van der Waals surface area contributed by atoms with Crippen LogP contribution in [0.2, 0.25) is 0 Å². The average Bonchev–Trinajstić information content (AvgIpc) is 2.82. The van der Waals surface area contributed by atoms with Crippen LogP contribution in [0.5, 0.6) is 0 Å². The quantitative estimate of drug-likeness (QED) is 0.824. The first-order valence-electron chi connectivity index (χ1n) is 9.51. The minimum absolute atomic E-state index is 0.187. The Bertz CT molecular complexity index is 666. The first-order chi connectivity index (χ1) is 12.6. The van der Waals surface area contributed by atoms with Crippen molar-refractivity contribution < 1.29 is 14.4 Å². The van der Waals surface area contributed by atoms with Crippen LogP contribution in [0.3, 0.4) is 0 Å². The van der Waals surface area contributed by atoms with E-state index in [9.17, 15) is 14.4 Å². The van der Waals surface area contributed by atoms with Crippen LogP contribution in [0.25, 0.3) is 0 Å². The molecule has 0 bridgehead atoms. The zero-order valence-corrected chi connectivity index (χ0v) is 15.4. The summed E-state index contributed by atoms with van der Waals surface area (Å²) in [7, 11) is 0. The summed E-state index contributed by atoms with van der Waals surface area (Å²) in [6.07, 6.45) is 5.38.